The predicted molar refractivity (Wildman–Crippen MR) is 88.2 cm³/mol. The Morgan fingerprint density at radius 1 is 1.19 bits per heavy atom. The fraction of sp³-hybridized carbons (Fsp3) is 0.250. The molecule has 3 nitrogen and oxygen atoms in total. The van der Waals surface area contributed by atoms with Crippen molar-refractivity contribution in [3.63, 3.8) is 0 Å². The third kappa shape index (κ3) is 4.22. The number of nitro groups is 1. The normalized spacial score (nSPS) is 10.9. The van der Waals surface area contributed by atoms with Crippen LogP contribution < -0.4 is 0 Å². The van der Waals surface area contributed by atoms with Crippen molar-refractivity contribution in [3.05, 3.63) is 68.7 Å². The first-order chi connectivity index (χ1) is 9.97. The number of thioether (sulfide) groups is 1. The van der Waals surface area contributed by atoms with Crippen LogP contribution in [0.2, 0.25) is 5.02 Å². The van der Waals surface area contributed by atoms with Crippen LogP contribution in [0.5, 0.6) is 0 Å². The van der Waals surface area contributed by atoms with Gasteiger partial charge in [-0.25, -0.2) is 0 Å². The summed E-state index contributed by atoms with van der Waals surface area (Å²) in [7, 11) is 0. The van der Waals surface area contributed by atoms with Gasteiger partial charge in [-0.3, -0.25) is 10.1 Å². The number of hydrogen-bond donors (Lipinski definition) is 0. The maximum Gasteiger partial charge on any atom is 0.288 e. The highest BCUT2D eigenvalue weighted by Crippen LogP contribution is 2.29. The van der Waals surface area contributed by atoms with Gasteiger partial charge >= 0.3 is 0 Å². The van der Waals surface area contributed by atoms with Crippen molar-refractivity contribution >= 4 is 29.1 Å². The first kappa shape index (κ1) is 15.9. The third-order valence-electron chi connectivity index (χ3n) is 3.16. The molecule has 0 atom stereocenters. The van der Waals surface area contributed by atoms with Crippen LogP contribution in [0.4, 0.5) is 5.69 Å². The second-order valence-electron chi connectivity index (χ2n) is 5.06. The maximum absolute atomic E-state index is 10.9. The SMILES string of the molecule is CC(C)c1ccc(SCc2ccc(Cl)c([N+](=O)[O-])c2)cc1. The summed E-state index contributed by atoms with van der Waals surface area (Å²) < 4.78 is 0. The summed E-state index contributed by atoms with van der Waals surface area (Å²) in [6.07, 6.45) is 0. The summed E-state index contributed by atoms with van der Waals surface area (Å²) in [4.78, 5) is 11.6. The number of hydrogen-bond acceptors (Lipinski definition) is 3. The van der Waals surface area contributed by atoms with Crippen molar-refractivity contribution in [2.45, 2.75) is 30.4 Å². The first-order valence-corrected chi connectivity index (χ1v) is 7.99. The van der Waals surface area contributed by atoms with Crippen LogP contribution in [0.15, 0.2) is 47.4 Å². The highest BCUT2D eigenvalue weighted by molar-refractivity contribution is 7.98. The zero-order valence-corrected chi connectivity index (χ0v) is 13.4. The number of nitrogens with zero attached hydrogens (tertiary/aromatic N) is 1. The van der Waals surface area contributed by atoms with E-state index in [1.807, 2.05) is 6.07 Å². The molecule has 0 amide bonds. The molecule has 0 aliphatic carbocycles. The Labute approximate surface area is 133 Å². The van der Waals surface area contributed by atoms with Gasteiger partial charge in [0, 0.05) is 16.7 Å². The molecule has 0 radical (unpaired) electrons. The lowest BCUT2D eigenvalue weighted by Gasteiger charge is -2.07. The predicted octanol–water partition coefficient (Wildman–Crippen LogP) is 5.66. The van der Waals surface area contributed by atoms with E-state index in [1.54, 1.807) is 17.8 Å². The summed E-state index contributed by atoms with van der Waals surface area (Å²) in [6, 6.07) is 13.4. The van der Waals surface area contributed by atoms with Crippen LogP contribution in [0.25, 0.3) is 0 Å². The van der Waals surface area contributed by atoms with Gasteiger partial charge in [-0.15, -0.1) is 11.8 Å². The molecule has 2 aromatic rings. The molecule has 0 aromatic heterocycles. The lowest BCUT2D eigenvalue weighted by Crippen LogP contribution is -1.91. The van der Waals surface area contributed by atoms with Gasteiger partial charge in [-0.1, -0.05) is 43.6 Å². The largest absolute Gasteiger partial charge is 0.288 e. The summed E-state index contributed by atoms with van der Waals surface area (Å²) in [5.74, 6) is 1.20. The monoisotopic (exact) mass is 321 g/mol. The topological polar surface area (TPSA) is 43.1 Å². The Bertz CT molecular complexity index is 641. The molecule has 0 aliphatic heterocycles. The fourth-order valence-corrected chi connectivity index (χ4v) is 2.93. The number of benzene rings is 2. The van der Waals surface area contributed by atoms with Crippen LogP contribution in [0.1, 0.15) is 30.9 Å². The van der Waals surface area contributed by atoms with Crippen LogP contribution in [0, 0.1) is 10.1 Å². The van der Waals surface area contributed by atoms with E-state index >= 15 is 0 Å². The Morgan fingerprint density at radius 2 is 1.86 bits per heavy atom. The molecule has 0 saturated heterocycles. The number of halogens is 1. The highest BCUT2D eigenvalue weighted by Gasteiger charge is 2.12. The van der Waals surface area contributed by atoms with Crippen molar-refractivity contribution in [3.8, 4) is 0 Å². The third-order valence-corrected chi connectivity index (χ3v) is 4.56. The van der Waals surface area contributed by atoms with Crippen molar-refractivity contribution in [2.75, 3.05) is 0 Å². The molecule has 2 rings (SSSR count). The molecule has 21 heavy (non-hydrogen) atoms. The van der Waals surface area contributed by atoms with Crippen molar-refractivity contribution < 1.29 is 4.92 Å². The van der Waals surface area contributed by atoms with Gasteiger partial charge in [0.25, 0.3) is 5.69 Å². The molecule has 0 unspecified atom stereocenters. The number of rotatable bonds is 5. The summed E-state index contributed by atoms with van der Waals surface area (Å²) in [6.45, 7) is 4.32. The zero-order chi connectivity index (χ0) is 15.4. The molecular formula is C16H16ClNO2S. The summed E-state index contributed by atoms with van der Waals surface area (Å²) in [5, 5.41) is 11.0. The van der Waals surface area contributed by atoms with Gasteiger partial charge in [0.2, 0.25) is 0 Å². The van der Waals surface area contributed by atoms with E-state index in [4.69, 9.17) is 11.6 Å². The molecule has 0 bridgehead atoms. The quantitative estimate of drug-likeness (QED) is 0.405. The standard InChI is InChI=1S/C16H16ClNO2S/c1-11(2)13-4-6-14(7-5-13)21-10-12-3-8-15(17)16(9-12)18(19)20/h3-9,11H,10H2,1-2H3. The fourth-order valence-electron chi connectivity index (χ4n) is 1.90. The van der Waals surface area contributed by atoms with Crippen molar-refractivity contribution in [1.29, 1.82) is 0 Å². The molecule has 5 heteroatoms. The zero-order valence-electron chi connectivity index (χ0n) is 11.9. The van der Waals surface area contributed by atoms with Crippen molar-refractivity contribution in [2.24, 2.45) is 0 Å². The molecule has 110 valence electrons. The second kappa shape index (κ2) is 6.96. The molecular weight excluding hydrogens is 306 g/mol. The Morgan fingerprint density at radius 3 is 2.43 bits per heavy atom. The van der Waals surface area contributed by atoms with Crippen LogP contribution in [0.3, 0.4) is 0 Å². The van der Waals surface area contributed by atoms with E-state index < -0.39 is 4.92 Å². The van der Waals surface area contributed by atoms with E-state index in [1.165, 1.54) is 11.6 Å². The Balaban J connectivity index is 2.06. The number of nitro benzene ring substituents is 1. The van der Waals surface area contributed by atoms with Crippen molar-refractivity contribution in [1.82, 2.24) is 0 Å². The van der Waals surface area contributed by atoms with E-state index in [9.17, 15) is 10.1 Å². The van der Waals surface area contributed by atoms with Gasteiger partial charge in [0.05, 0.1) is 4.92 Å². The van der Waals surface area contributed by atoms with E-state index in [0.717, 1.165) is 10.5 Å². The smallest absolute Gasteiger partial charge is 0.258 e. The highest BCUT2D eigenvalue weighted by atomic mass is 35.5. The van der Waals surface area contributed by atoms with E-state index in [-0.39, 0.29) is 10.7 Å². The Hall–Kier alpha value is -1.52. The minimum Gasteiger partial charge on any atom is -0.258 e. The van der Waals surface area contributed by atoms with E-state index in [0.29, 0.717) is 11.7 Å². The van der Waals surface area contributed by atoms with Gasteiger partial charge in [0.15, 0.2) is 0 Å². The molecule has 0 fully saturated rings. The lowest BCUT2D eigenvalue weighted by molar-refractivity contribution is -0.384. The van der Waals surface area contributed by atoms with Crippen LogP contribution >= 0.6 is 23.4 Å². The molecule has 0 saturated carbocycles. The molecule has 0 spiro atoms. The lowest BCUT2D eigenvalue weighted by atomic mass is 10.0. The molecule has 0 aliphatic rings. The molecule has 2 aromatic carbocycles. The summed E-state index contributed by atoms with van der Waals surface area (Å²) >= 11 is 7.46. The van der Waals surface area contributed by atoms with Gasteiger partial charge in [0.1, 0.15) is 5.02 Å². The minimum absolute atomic E-state index is 0.0371. The second-order valence-corrected chi connectivity index (χ2v) is 6.51. The van der Waals surface area contributed by atoms with E-state index in [2.05, 4.69) is 38.1 Å². The Kier molecular flexibility index (Phi) is 5.26. The van der Waals surface area contributed by atoms with Crippen LogP contribution in [-0.4, -0.2) is 4.92 Å². The average molecular weight is 322 g/mol. The average Bonchev–Trinajstić information content (AvgIpc) is 2.46. The van der Waals surface area contributed by atoms with Gasteiger partial charge < -0.3 is 0 Å². The first-order valence-electron chi connectivity index (χ1n) is 6.63. The minimum atomic E-state index is -0.450. The molecule has 0 N–H and O–H groups in total. The maximum atomic E-state index is 10.9. The van der Waals surface area contributed by atoms with Crippen LogP contribution in [-0.2, 0) is 5.75 Å². The van der Waals surface area contributed by atoms with Gasteiger partial charge in [-0.05, 0) is 35.2 Å². The molecule has 0 heterocycles. The van der Waals surface area contributed by atoms with Gasteiger partial charge in [-0.2, -0.15) is 0 Å². The summed E-state index contributed by atoms with van der Waals surface area (Å²) in [5.41, 5.74) is 2.16.